The number of hydrazine groups is 1. The smallest absolute Gasteiger partial charge is 0.421 e. The van der Waals surface area contributed by atoms with Crippen molar-refractivity contribution in [3.05, 3.63) is 0 Å². The molecule has 0 rings (SSSR count). The monoisotopic (exact) mass is 216 g/mol. The van der Waals surface area contributed by atoms with Crippen molar-refractivity contribution in [2.45, 2.75) is 52.4 Å². The summed E-state index contributed by atoms with van der Waals surface area (Å²) in [4.78, 5) is 10.6. The van der Waals surface area contributed by atoms with Crippen LogP contribution in [0.1, 0.15) is 52.4 Å². The average molecular weight is 216 g/mol. The third kappa shape index (κ3) is 11.2. The van der Waals surface area contributed by atoms with Crippen molar-refractivity contribution in [2.24, 2.45) is 11.8 Å². The van der Waals surface area contributed by atoms with E-state index in [1.165, 1.54) is 25.7 Å². The van der Waals surface area contributed by atoms with Crippen LogP contribution in [0.3, 0.4) is 0 Å². The van der Waals surface area contributed by atoms with Gasteiger partial charge in [-0.05, 0) is 12.3 Å². The Labute approximate surface area is 92.5 Å². The minimum absolute atomic E-state index is 0.465. The van der Waals surface area contributed by atoms with Gasteiger partial charge in [-0.3, -0.25) is 5.43 Å². The van der Waals surface area contributed by atoms with Crippen molar-refractivity contribution in [3.63, 3.8) is 0 Å². The summed E-state index contributed by atoms with van der Waals surface area (Å²) in [5, 5.41) is 0. The number of carbonyl (C=O) groups excluding carboxylic acids is 1. The first-order valence-corrected chi connectivity index (χ1v) is 5.80. The Hall–Kier alpha value is -0.770. The molecule has 0 aliphatic heterocycles. The van der Waals surface area contributed by atoms with Gasteiger partial charge in [-0.25, -0.2) is 10.6 Å². The number of rotatable bonds is 8. The van der Waals surface area contributed by atoms with Gasteiger partial charge >= 0.3 is 6.09 Å². The van der Waals surface area contributed by atoms with Gasteiger partial charge in [0.15, 0.2) is 0 Å². The first-order chi connectivity index (χ1) is 7.16. The van der Waals surface area contributed by atoms with E-state index in [9.17, 15) is 4.79 Å². The van der Waals surface area contributed by atoms with Crippen molar-refractivity contribution in [3.8, 4) is 0 Å². The molecule has 0 saturated heterocycles. The lowest BCUT2D eigenvalue weighted by molar-refractivity contribution is 0.144. The maximum atomic E-state index is 10.6. The maximum Gasteiger partial charge on any atom is 0.421 e. The number of nitrogens with two attached hydrogens (primary N) is 1. The van der Waals surface area contributed by atoms with E-state index in [1.54, 1.807) is 0 Å². The predicted molar refractivity (Wildman–Crippen MR) is 61.2 cm³/mol. The van der Waals surface area contributed by atoms with Crippen molar-refractivity contribution in [2.75, 3.05) is 6.61 Å². The first-order valence-electron chi connectivity index (χ1n) is 5.80. The molecule has 0 aromatic heterocycles. The van der Waals surface area contributed by atoms with Gasteiger partial charge in [0.05, 0.1) is 6.61 Å². The Kier molecular flexibility index (Phi) is 9.27. The predicted octanol–water partition coefficient (Wildman–Crippen LogP) is 2.58. The largest absolute Gasteiger partial charge is 0.449 e. The van der Waals surface area contributed by atoms with Crippen LogP contribution in [0.5, 0.6) is 0 Å². The van der Waals surface area contributed by atoms with E-state index in [1.807, 2.05) is 5.43 Å². The highest BCUT2D eigenvalue weighted by Gasteiger charge is 1.97. The molecule has 0 aliphatic rings. The highest BCUT2D eigenvalue weighted by atomic mass is 16.5. The van der Waals surface area contributed by atoms with Gasteiger partial charge in [0.2, 0.25) is 0 Å². The van der Waals surface area contributed by atoms with Gasteiger partial charge in [-0.1, -0.05) is 46.0 Å². The number of carbonyl (C=O) groups is 1. The molecule has 0 radical (unpaired) electrons. The lowest BCUT2D eigenvalue weighted by Gasteiger charge is -2.05. The fraction of sp³-hybridized carbons (Fsp3) is 0.909. The lowest BCUT2D eigenvalue weighted by atomic mass is 10.0. The molecular weight excluding hydrogens is 192 g/mol. The topological polar surface area (TPSA) is 64.3 Å². The zero-order chi connectivity index (χ0) is 11.5. The molecule has 0 aliphatic carbocycles. The Balaban J connectivity index is 3.02. The molecule has 0 fully saturated rings. The Morgan fingerprint density at radius 3 is 2.40 bits per heavy atom. The van der Waals surface area contributed by atoms with Crippen LogP contribution in [0.25, 0.3) is 0 Å². The van der Waals surface area contributed by atoms with Crippen molar-refractivity contribution in [1.29, 1.82) is 0 Å². The standard InChI is InChI=1S/C11H24N2O2/c1-10(2)8-6-4-3-5-7-9-15-11(14)13-12/h10H,3-9,12H2,1-2H3,(H,13,14). The Morgan fingerprint density at radius 1 is 1.20 bits per heavy atom. The molecule has 0 unspecified atom stereocenters. The summed E-state index contributed by atoms with van der Waals surface area (Å²) in [6.45, 7) is 4.96. The van der Waals surface area contributed by atoms with Gasteiger partial charge in [0.25, 0.3) is 0 Å². The summed E-state index contributed by atoms with van der Waals surface area (Å²) in [5.41, 5.74) is 1.93. The summed E-state index contributed by atoms with van der Waals surface area (Å²) in [5.74, 6) is 5.66. The van der Waals surface area contributed by atoms with Crippen LogP contribution in [0.2, 0.25) is 0 Å². The number of unbranched alkanes of at least 4 members (excludes halogenated alkanes) is 4. The zero-order valence-corrected chi connectivity index (χ0v) is 9.92. The summed E-state index contributed by atoms with van der Waals surface area (Å²) in [6, 6.07) is 0. The molecule has 0 aromatic carbocycles. The number of hydrogen-bond donors (Lipinski definition) is 2. The fourth-order valence-corrected chi connectivity index (χ4v) is 1.39. The second-order valence-electron chi connectivity index (χ2n) is 4.23. The quantitative estimate of drug-likeness (QED) is 0.284. The van der Waals surface area contributed by atoms with Crippen molar-refractivity contribution in [1.82, 2.24) is 5.43 Å². The number of ether oxygens (including phenoxy) is 1. The molecule has 0 atom stereocenters. The Bertz CT molecular complexity index is 161. The molecule has 0 aromatic rings. The highest BCUT2D eigenvalue weighted by molar-refractivity contribution is 5.66. The molecule has 4 nitrogen and oxygen atoms in total. The molecule has 90 valence electrons. The van der Waals surface area contributed by atoms with Gasteiger partial charge in [0, 0.05) is 0 Å². The number of nitrogens with one attached hydrogen (secondary N) is 1. The van der Waals surface area contributed by atoms with E-state index in [0.29, 0.717) is 6.61 Å². The summed E-state index contributed by atoms with van der Waals surface area (Å²) >= 11 is 0. The van der Waals surface area contributed by atoms with Crippen molar-refractivity contribution >= 4 is 6.09 Å². The molecule has 0 heterocycles. The van der Waals surface area contributed by atoms with Crippen LogP contribution in [0, 0.1) is 5.92 Å². The van der Waals surface area contributed by atoms with Crippen LogP contribution in [0.4, 0.5) is 4.79 Å². The second-order valence-corrected chi connectivity index (χ2v) is 4.23. The lowest BCUT2D eigenvalue weighted by Crippen LogP contribution is -2.30. The molecule has 15 heavy (non-hydrogen) atoms. The molecular formula is C11H24N2O2. The van der Waals surface area contributed by atoms with Crippen LogP contribution in [0.15, 0.2) is 0 Å². The van der Waals surface area contributed by atoms with E-state index in [-0.39, 0.29) is 0 Å². The van der Waals surface area contributed by atoms with E-state index in [4.69, 9.17) is 10.6 Å². The van der Waals surface area contributed by atoms with E-state index in [0.717, 1.165) is 18.8 Å². The second kappa shape index (κ2) is 9.77. The molecule has 4 heteroatoms. The van der Waals surface area contributed by atoms with E-state index in [2.05, 4.69) is 13.8 Å². The molecule has 1 amide bonds. The third-order valence-electron chi connectivity index (χ3n) is 2.28. The van der Waals surface area contributed by atoms with Gasteiger partial charge in [0.1, 0.15) is 0 Å². The van der Waals surface area contributed by atoms with Crippen LogP contribution in [-0.2, 0) is 4.74 Å². The van der Waals surface area contributed by atoms with Crippen LogP contribution in [-0.4, -0.2) is 12.7 Å². The molecule has 0 saturated carbocycles. The van der Waals surface area contributed by atoms with Gasteiger partial charge in [-0.2, -0.15) is 0 Å². The van der Waals surface area contributed by atoms with E-state index < -0.39 is 6.09 Å². The SMILES string of the molecule is CC(C)CCCCCCCOC(=O)NN. The highest BCUT2D eigenvalue weighted by Crippen LogP contribution is 2.10. The number of hydrogen-bond acceptors (Lipinski definition) is 3. The van der Waals surface area contributed by atoms with Crippen LogP contribution < -0.4 is 11.3 Å². The summed E-state index contributed by atoms with van der Waals surface area (Å²) < 4.78 is 4.76. The first kappa shape index (κ1) is 14.2. The fourth-order valence-electron chi connectivity index (χ4n) is 1.39. The number of amides is 1. The minimum atomic E-state index is -0.546. The molecule has 3 N–H and O–H groups in total. The summed E-state index contributed by atoms with van der Waals surface area (Å²) in [7, 11) is 0. The van der Waals surface area contributed by atoms with Crippen molar-refractivity contribution < 1.29 is 9.53 Å². The summed E-state index contributed by atoms with van der Waals surface area (Å²) in [6.07, 6.45) is 6.62. The van der Waals surface area contributed by atoms with Crippen LogP contribution >= 0.6 is 0 Å². The zero-order valence-electron chi connectivity index (χ0n) is 9.92. The Morgan fingerprint density at radius 2 is 1.80 bits per heavy atom. The average Bonchev–Trinajstić information content (AvgIpc) is 2.21. The maximum absolute atomic E-state index is 10.6. The van der Waals surface area contributed by atoms with E-state index >= 15 is 0 Å². The molecule has 0 bridgehead atoms. The normalized spacial score (nSPS) is 10.4. The minimum Gasteiger partial charge on any atom is -0.449 e. The van der Waals surface area contributed by atoms with Gasteiger partial charge < -0.3 is 4.74 Å². The third-order valence-corrected chi connectivity index (χ3v) is 2.28. The molecule has 0 spiro atoms. The van der Waals surface area contributed by atoms with Gasteiger partial charge in [-0.15, -0.1) is 0 Å².